The number of benzene rings is 2. The average molecular weight is 369 g/mol. The van der Waals surface area contributed by atoms with E-state index in [1.54, 1.807) is 24.3 Å². The molecule has 0 unspecified atom stereocenters. The number of halogens is 1. The molecule has 2 rings (SSSR count). The summed E-state index contributed by atoms with van der Waals surface area (Å²) in [5, 5.41) is 2.92. The minimum atomic E-state index is -3.44. The van der Waals surface area contributed by atoms with Gasteiger partial charge in [0.05, 0.1) is 23.4 Å². The zero-order valence-corrected chi connectivity index (χ0v) is 14.7. The van der Waals surface area contributed by atoms with Gasteiger partial charge >= 0.3 is 0 Å². The molecule has 2 aromatic carbocycles. The molecule has 24 heavy (non-hydrogen) atoms. The van der Waals surface area contributed by atoms with E-state index in [0.717, 1.165) is 6.26 Å². The molecule has 0 aromatic heterocycles. The number of amides is 1. The number of ether oxygens (including phenoxy) is 1. The predicted molar refractivity (Wildman–Crippen MR) is 95.5 cm³/mol. The van der Waals surface area contributed by atoms with Crippen LogP contribution in [-0.2, 0) is 10.0 Å². The maximum Gasteiger partial charge on any atom is 0.257 e. The number of sulfonamides is 1. The number of hydrogen-bond donors (Lipinski definition) is 2. The molecule has 0 atom stereocenters. The molecule has 0 saturated carbocycles. The lowest BCUT2D eigenvalue weighted by atomic mass is 10.2. The van der Waals surface area contributed by atoms with Crippen molar-refractivity contribution in [3.05, 3.63) is 53.1 Å². The van der Waals surface area contributed by atoms with Crippen molar-refractivity contribution in [3.8, 4) is 5.75 Å². The molecule has 0 saturated heterocycles. The largest absolute Gasteiger partial charge is 0.494 e. The third kappa shape index (κ3) is 5.14. The summed E-state index contributed by atoms with van der Waals surface area (Å²) >= 11 is 6.04. The van der Waals surface area contributed by atoms with Crippen molar-refractivity contribution in [1.82, 2.24) is 0 Å². The van der Waals surface area contributed by atoms with Crippen LogP contribution in [-0.4, -0.2) is 27.2 Å². The van der Waals surface area contributed by atoms with Gasteiger partial charge in [-0.15, -0.1) is 0 Å². The third-order valence-electron chi connectivity index (χ3n) is 2.94. The van der Waals surface area contributed by atoms with Crippen LogP contribution in [0.2, 0.25) is 5.02 Å². The Hall–Kier alpha value is -2.25. The van der Waals surface area contributed by atoms with Gasteiger partial charge < -0.3 is 10.1 Å². The normalized spacial score (nSPS) is 11.0. The molecule has 2 aromatic rings. The lowest BCUT2D eigenvalue weighted by Crippen LogP contribution is -2.14. The number of carbonyl (C=O) groups is 1. The molecule has 0 spiro atoms. The van der Waals surface area contributed by atoms with Crippen LogP contribution in [0.4, 0.5) is 11.4 Å². The van der Waals surface area contributed by atoms with Crippen LogP contribution in [0.25, 0.3) is 0 Å². The molecule has 0 aliphatic carbocycles. The van der Waals surface area contributed by atoms with E-state index in [1.807, 2.05) is 6.92 Å². The number of anilines is 2. The number of nitrogens with one attached hydrogen (secondary N) is 2. The monoisotopic (exact) mass is 368 g/mol. The van der Waals surface area contributed by atoms with E-state index in [1.165, 1.54) is 18.2 Å². The van der Waals surface area contributed by atoms with Gasteiger partial charge in [-0.2, -0.15) is 0 Å². The fourth-order valence-electron chi connectivity index (χ4n) is 1.98. The summed E-state index contributed by atoms with van der Waals surface area (Å²) in [5.41, 5.74) is 0.999. The highest BCUT2D eigenvalue weighted by Crippen LogP contribution is 2.23. The molecule has 0 heterocycles. The Kier molecular flexibility index (Phi) is 5.69. The molecule has 2 N–H and O–H groups in total. The number of carbonyl (C=O) groups excluding carboxylic acids is 1. The van der Waals surface area contributed by atoms with Crippen molar-refractivity contribution in [1.29, 1.82) is 0 Å². The zero-order valence-electron chi connectivity index (χ0n) is 13.2. The fourth-order valence-corrected chi connectivity index (χ4v) is 2.73. The Morgan fingerprint density at radius 1 is 1.12 bits per heavy atom. The first-order valence-corrected chi connectivity index (χ1v) is 9.37. The summed E-state index contributed by atoms with van der Waals surface area (Å²) in [6, 6.07) is 11.2. The van der Waals surface area contributed by atoms with Crippen LogP contribution < -0.4 is 14.8 Å². The molecule has 8 heteroatoms. The highest BCUT2D eigenvalue weighted by molar-refractivity contribution is 7.92. The molecule has 0 fully saturated rings. The summed E-state index contributed by atoms with van der Waals surface area (Å²) in [6.45, 7) is 2.44. The lowest BCUT2D eigenvalue weighted by molar-refractivity contribution is 0.102. The Bertz CT molecular complexity index is 836. The highest BCUT2D eigenvalue weighted by Gasteiger charge is 2.13. The maximum atomic E-state index is 12.4. The van der Waals surface area contributed by atoms with Gasteiger partial charge in [0.2, 0.25) is 10.0 Å². The first-order chi connectivity index (χ1) is 11.3. The van der Waals surface area contributed by atoms with Gasteiger partial charge in [-0.1, -0.05) is 11.6 Å². The summed E-state index contributed by atoms with van der Waals surface area (Å²) in [4.78, 5) is 12.4. The molecule has 0 aliphatic rings. The minimum absolute atomic E-state index is 0.166. The Morgan fingerprint density at radius 3 is 2.33 bits per heavy atom. The second-order valence-corrected chi connectivity index (χ2v) is 7.14. The van der Waals surface area contributed by atoms with E-state index in [9.17, 15) is 13.2 Å². The summed E-state index contributed by atoms with van der Waals surface area (Å²) in [6.07, 6.45) is 1.03. The zero-order chi connectivity index (χ0) is 17.7. The van der Waals surface area contributed by atoms with E-state index in [4.69, 9.17) is 16.3 Å². The third-order valence-corrected chi connectivity index (χ3v) is 3.87. The van der Waals surface area contributed by atoms with Gasteiger partial charge in [-0.25, -0.2) is 8.42 Å². The SMILES string of the molecule is CCOc1ccc(NC(=O)c2cc(NS(C)(=O)=O)ccc2Cl)cc1. The molecule has 1 amide bonds. The van der Waals surface area contributed by atoms with Crippen LogP contribution in [0.5, 0.6) is 5.75 Å². The first kappa shape index (κ1) is 18.1. The van der Waals surface area contributed by atoms with E-state index in [2.05, 4.69) is 10.0 Å². The van der Waals surface area contributed by atoms with Crippen LogP contribution in [0.1, 0.15) is 17.3 Å². The molecule has 6 nitrogen and oxygen atoms in total. The molecule has 0 aliphatic heterocycles. The van der Waals surface area contributed by atoms with E-state index in [0.29, 0.717) is 18.0 Å². The second kappa shape index (κ2) is 7.55. The van der Waals surface area contributed by atoms with Gasteiger partial charge in [0.1, 0.15) is 5.75 Å². The van der Waals surface area contributed by atoms with Gasteiger partial charge in [0.15, 0.2) is 0 Å². The Morgan fingerprint density at radius 2 is 1.75 bits per heavy atom. The second-order valence-electron chi connectivity index (χ2n) is 4.98. The first-order valence-electron chi connectivity index (χ1n) is 7.10. The van der Waals surface area contributed by atoms with Gasteiger partial charge in [0, 0.05) is 11.4 Å². The van der Waals surface area contributed by atoms with E-state index in [-0.39, 0.29) is 16.3 Å². The standard InChI is InChI=1S/C16H17ClN2O4S/c1-3-23-13-7-4-11(5-8-13)18-16(20)14-10-12(6-9-15(14)17)19-24(2,21)22/h4-10,19H,3H2,1-2H3,(H,18,20). The van der Waals surface area contributed by atoms with Crippen molar-refractivity contribution >= 4 is 38.9 Å². The van der Waals surface area contributed by atoms with Crippen LogP contribution in [0, 0.1) is 0 Å². The topological polar surface area (TPSA) is 84.5 Å². The van der Waals surface area contributed by atoms with Crippen molar-refractivity contribution in [2.45, 2.75) is 6.92 Å². The van der Waals surface area contributed by atoms with Crippen LogP contribution in [0.3, 0.4) is 0 Å². The van der Waals surface area contributed by atoms with Crippen molar-refractivity contribution in [2.75, 3.05) is 22.9 Å². The van der Waals surface area contributed by atoms with Crippen molar-refractivity contribution in [2.24, 2.45) is 0 Å². The van der Waals surface area contributed by atoms with Crippen LogP contribution in [0.15, 0.2) is 42.5 Å². The summed E-state index contributed by atoms with van der Waals surface area (Å²) in [5.74, 6) is 0.259. The van der Waals surface area contributed by atoms with Crippen LogP contribution >= 0.6 is 11.6 Å². The average Bonchev–Trinajstić information content (AvgIpc) is 2.50. The molecule has 0 bridgehead atoms. The molecule has 0 radical (unpaired) electrons. The maximum absolute atomic E-state index is 12.4. The smallest absolute Gasteiger partial charge is 0.257 e. The summed E-state index contributed by atoms with van der Waals surface area (Å²) in [7, 11) is -3.44. The van der Waals surface area contributed by atoms with E-state index < -0.39 is 15.9 Å². The van der Waals surface area contributed by atoms with Crippen molar-refractivity contribution in [3.63, 3.8) is 0 Å². The number of rotatable bonds is 6. The van der Waals surface area contributed by atoms with Gasteiger partial charge in [-0.05, 0) is 49.4 Å². The number of hydrogen-bond acceptors (Lipinski definition) is 4. The molecule has 128 valence electrons. The summed E-state index contributed by atoms with van der Waals surface area (Å²) < 4.78 is 30.2. The molecular formula is C16H17ClN2O4S. The van der Waals surface area contributed by atoms with Gasteiger partial charge in [-0.3, -0.25) is 9.52 Å². The highest BCUT2D eigenvalue weighted by atomic mass is 35.5. The minimum Gasteiger partial charge on any atom is -0.494 e. The Balaban J connectivity index is 2.18. The molecular weight excluding hydrogens is 352 g/mol. The Labute approximate surface area is 145 Å². The predicted octanol–water partition coefficient (Wildman–Crippen LogP) is 3.36. The quantitative estimate of drug-likeness (QED) is 0.818. The van der Waals surface area contributed by atoms with Gasteiger partial charge in [0.25, 0.3) is 5.91 Å². The fraction of sp³-hybridized carbons (Fsp3) is 0.188. The lowest BCUT2D eigenvalue weighted by Gasteiger charge is -2.10. The van der Waals surface area contributed by atoms with Crippen molar-refractivity contribution < 1.29 is 17.9 Å². The van der Waals surface area contributed by atoms with E-state index >= 15 is 0 Å².